The van der Waals surface area contributed by atoms with E-state index in [1.165, 1.54) is 25.1 Å². The number of carbonyl (C=O) groups excluding carboxylic acids is 2. The van der Waals surface area contributed by atoms with Crippen LogP contribution in [-0.2, 0) is 9.53 Å². The summed E-state index contributed by atoms with van der Waals surface area (Å²) in [5.41, 5.74) is 1.88. The summed E-state index contributed by atoms with van der Waals surface area (Å²) in [5, 5.41) is 28.9. The second-order valence-electron chi connectivity index (χ2n) is 6.46. The average Bonchev–Trinajstić information content (AvgIpc) is 2.79. The Hall–Kier alpha value is -4.51. The number of phenols is 1. The Morgan fingerprint density at radius 2 is 1.68 bits per heavy atom. The Bertz CT molecular complexity index is 1150. The van der Waals surface area contributed by atoms with E-state index in [2.05, 4.69) is 15.5 Å². The molecule has 8 heteroatoms. The van der Waals surface area contributed by atoms with Gasteiger partial charge in [0.05, 0.1) is 22.9 Å². The quantitative estimate of drug-likeness (QED) is 0.440. The molecule has 31 heavy (non-hydrogen) atoms. The van der Waals surface area contributed by atoms with Gasteiger partial charge in [-0.2, -0.15) is 10.4 Å². The number of ether oxygens (including phenoxy) is 1. The molecule has 0 heterocycles. The van der Waals surface area contributed by atoms with E-state index in [-0.39, 0.29) is 17.0 Å². The fraction of sp³-hybridized carbons (Fsp3) is 0.0870. The molecule has 0 saturated carbocycles. The van der Waals surface area contributed by atoms with E-state index in [1.807, 2.05) is 6.07 Å². The lowest BCUT2D eigenvalue weighted by Crippen LogP contribution is -2.30. The van der Waals surface area contributed by atoms with Crippen LogP contribution in [0.4, 0.5) is 17.1 Å². The first-order valence-corrected chi connectivity index (χ1v) is 9.28. The second-order valence-corrected chi connectivity index (χ2v) is 6.46. The van der Waals surface area contributed by atoms with E-state index in [9.17, 15) is 14.7 Å². The normalized spacial score (nSPS) is 11.5. The minimum absolute atomic E-state index is 0.108. The fourth-order valence-corrected chi connectivity index (χ4v) is 2.51. The molecule has 3 rings (SSSR count). The van der Waals surface area contributed by atoms with E-state index in [0.717, 1.165) is 0 Å². The molecule has 3 aromatic rings. The number of hydrogen-bond acceptors (Lipinski definition) is 7. The number of rotatable bonds is 6. The number of carbonyl (C=O) groups is 2. The van der Waals surface area contributed by atoms with Crippen LogP contribution in [0.2, 0.25) is 0 Å². The average molecular weight is 414 g/mol. The van der Waals surface area contributed by atoms with Crippen molar-refractivity contribution in [2.45, 2.75) is 13.0 Å². The van der Waals surface area contributed by atoms with Crippen molar-refractivity contribution in [1.29, 1.82) is 5.26 Å². The number of nitrogens with zero attached hydrogens (tertiary/aromatic N) is 3. The molecule has 0 aliphatic rings. The molecule has 0 aromatic heterocycles. The first kappa shape index (κ1) is 21.2. The number of hydrogen-bond donors (Lipinski definition) is 2. The number of nitriles is 1. The highest BCUT2D eigenvalue weighted by atomic mass is 16.5. The molecule has 0 radical (unpaired) electrons. The van der Waals surface area contributed by atoms with Gasteiger partial charge in [-0.05, 0) is 67.6 Å². The van der Waals surface area contributed by atoms with Crippen molar-refractivity contribution in [3.8, 4) is 11.8 Å². The number of benzene rings is 3. The molecule has 0 spiro atoms. The molecule has 8 nitrogen and oxygen atoms in total. The van der Waals surface area contributed by atoms with Crippen molar-refractivity contribution < 1.29 is 19.4 Å². The summed E-state index contributed by atoms with van der Waals surface area (Å²) < 4.78 is 5.29. The van der Waals surface area contributed by atoms with Crippen molar-refractivity contribution in [2.24, 2.45) is 10.2 Å². The molecule has 2 N–H and O–H groups in total. The Morgan fingerprint density at radius 1 is 1.00 bits per heavy atom. The van der Waals surface area contributed by atoms with Crippen LogP contribution in [0.5, 0.6) is 5.75 Å². The van der Waals surface area contributed by atoms with E-state index in [0.29, 0.717) is 16.9 Å². The lowest BCUT2D eigenvalue weighted by atomic mass is 10.2. The van der Waals surface area contributed by atoms with Gasteiger partial charge in [-0.1, -0.05) is 12.1 Å². The van der Waals surface area contributed by atoms with Crippen LogP contribution in [0.15, 0.2) is 83.0 Å². The Morgan fingerprint density at radius 3 is 2.35 bits per heavy atom. The Labute approximate surface area is 178 Å². The maximum absolute atomic E-state index is 12.6. The third-order valence-corrected chi connectivity index (χ3v) is 4.18. The third-order valence-electron chi connectivity index (χ3n) is 4.18. The molecule has 1 amide bonds. The van der Waals surface area contributed by atoms with Gasteiger partial charge < -0.3 is 15.2 Å². The van der Waals surface area contributed by atoms with Crippen LogP contribution in [-0.4, -0.2) is 23.1 Å². The van der Waals surface area contributed by atoms with Crippen LogP contribution < -0.4 is 5.32 Å². The summed E-state index contributed by atoms with van der Waals surface area (Å²) in [6.45, 7) is 1.46. The number of esters is 1. The summed E-state index contributed by atoms with van der Waals surface area (Å²) in [5.74, 6) is -1.12. The lowest BCUT2D eigenvalue weighted by molar-refractivity contribution is -0.123. The van der Waals surface area contributed by atoms with Gasteiger partial charge in [-0.25, -0.2) is 4.79 Å². The number of amides is 1. The highest BCUT2D eigenvalue weighted by molar-refractivity contribution is 5.99. The standard InChI is InChI=1S/C23H18N4O4/c1-15(22(29)25-17-8-6-16(14-24)7-9-17)31-23(30)20-4-2-3-5-21(20)27-26-18-10-12-19(28)13-11-18/h2-13,15,28H,1H3,(H,25,29)/t15-/m1/s1. The van der Waals surface area contributed by atoms with Crippen LogP contribution in [0, 0.1) is 11.3 Å². The van der Waals surface area contributed by atoms with Crippen molar-refractivity contribution in [1.82, 2.24) is 0 Å². The van der Waals surface area contributed by atoms with Gasteiger partial charge >= 0.3 is 5.97 Å². The minimum atomic E-state index is -1.06. The zero-order valence-electron chi connectivity index (χ0n) is 16.5. The predicted molar refractivity (Wildman–Crippen MR) is 113 cm³/mol. The summed E-state index contributed by atoms with van der Waals surface area (Å²) in [4.78, 5) is 24.9. The van der Waals surface area contributed by atoms with E-state index in [4.69, 9.17) is 10.00 Å². The molecule has 0 unspecified atom stereocenters. The van der Waals surface area contributed by atoms with Gasteiger partial charge in [0.1, 0.15) is 11.4 Å². The fourth-order valence-electron chi connectivity index (χ4n) is 2.51. The molecule has 3 aromatic carbocycles. The van der Waals surface area contributed by atoms with E-state index >= 15 is 0 Å². The minimum Gasteiger partial charge on any atom is -0.508 e. The monoisotopic (exact) mass is 414 g/mol. The number of phenolic OH excluding ortho intramolecular Hbond substituents is 1. The van der Waals surface area contributed by atoms with E-state index in [1.54, 1.807) is 54.6 Å². The van der Waals surface area contributed by atoms with Gasteiger partial charge in [-0.15, -0.1) is 5.11 Å². The number of nitrogens with one attached hydrogen (secondary N) is 1. The van der Waals surface area contributed by atoms with Crippen LogP contribution >= 0.6 is 0 Å². The first-order valence-electron chi connectivity index (χ1n) is 9.28. The SMILES string of the molecule is C[C@@H](OC(=O)c1ccccc1N=Nc1ccc(O)cc1)C(=O)Nc1ccc(C#N)cc1. The number of azo groups is 1. The van der Waals surface area contributed by atoms with Crippen LogP contribution in [0.3, 0.4) is 0 Å². The summed E-state index contributed by atoms with van der Waals surface area (Å²) in [6.07, 6.45) is -1.06. The molecular weight excluding hydrogens is 396 g/mol. The molecule has 1 atom stereocenters. The van der Waals surface area contributed by atoms with Gasteiger partial charge in [0.2, 0.25) is 0 Å². The van der Waals surface area contributed by atoms with Gasteiger partial charge in [0.15, 0.2) is 6.10 Å². The van der Waals surface area contributed by atoms with Crippen molar-refractivity contribution >= 4 is 28.9 Å². The smallest absolute Gasteiger partial charge is 0.341 e. The summed E-state index contributed by atoms with van der Waals surface area (Å²) in [7, 11) is 0. The van der Waals surface area contributed by atoms with Gasteiger partial charge in [0.25, 0.3) is 5.91 Å². The first-order chi connectivity index (χ1) is 15.0. The molecule has 0 saturated heterocycles. The molecule has 0 aliphatic carbocycles. The lowest BCUT2D eigenvalue weighted by Gasteiger charge is -2.14. The van der Waals surface area contributed by atoms with E-state index < -0.39 is 18.0 Å². The zero-order valence-corrected chi connectivity index (χ0v) is 16.5. The maximum atomic E-state index is 12.6. The highest BCUT2D eigenvalue weighted by Gasteiger charge is 2.21. The predicted octanol–water partition coefficient (Wildman–Crippen LogP) is 4.86. The molecule has 0 fully saturated rings. The zero-order chi connectivity index (χ0) is 22.2. The largest absolute Gasteiger partial charge is 0.508 e. The Kier molecular flexibility index (Phi) is 6.71. The van der Waals surface area contributed by atoms with Gasteiger partial charge in [-0.3, -0.25) is 4.79 Å². The topological polar surface area (TPSA) is 124 Å². The van der Waals surface area contributed by atoms with Crippen molar-refractivity contribution in [3.63, 3.8) is 0 Å². The third kappa shape index (κ3) is 5.74. The van der Waals surface area contributed by atoms with Crippen LogP contribution in [0.1, 0.15) is 22.8 Å². The molecule has 0 aliphatic heterocycles. The van der Waals surface area contributed by atoms with Gasteiger partial charge in [0, 0.05) is 5.69 Å². The highest BCUT2D eigenvalue weighted by Crippen LogP contribution is 2.24. The molecular formula is C23H18N4O4. The summed E-state index contributed by atoms with van der Waals surface area (Å²) in [6, 6.07) is 20.9. The van der Waals surface area contributed by atoms with Crippen molar-refractivity contribution in [3.05, 3.63) is 83.9 Å². The Balaban J connectivity index is 1.67. The number of aromatic hydroxyl groups is 1. The summed E-state index contributed by atoms with van der Waals surface area (Å²) >= 11 is 0. The second kappa shape index (κ2) is 9.80. The molecule has 0 bridgehead atoms. The maximum Gasteiger partial charge on any atom is 0.341 e. The van der Waals surface area contributed by atoms with Crippen molar-refractivity contribution in [2.75, 3.05) is 5.32 Å². The number of anilines is 1. The van der Waals surface area contributed by atoms with Crippen LogP contribution in [0.25, 0.3) is 0 Å². The molecule has 154 valence electrons.